The highest BCUT2D eigenvalue weighted by Crippen LogP contribution is 2.13. The summed E-state index contributed by atoms with van der Waals surface area (Å²) >= 11 is 0. The third kappa shape index (κ3) is 3.00. The standard InChI is InChI=1S/C10H17N3O2/c1-10(2,3)13-4-8(11-12-13)5-14-6-9-7-15-9/h4,9H,5-7H2,1-3H3/t9-/m0/s1. The normalized spacial score (nSPS) is 20.6. The molecule has 0 spiro atoms. The van der Waals surface area contributed by atoms with E-state index in [1.165, 1.54) is 0 Å². The molecule has 0 aliphatic carbocycles. The molecule has 0 saturated carbocycles. The van der Waals surface area contributed by atoms with E-state index < -0.39 is 0 Å². The highest BCUT2D eigenvalue weighted by Gasteiger charge is 2.22. The van der Waals surface area contributed by atoms with Crippen LogP contribution in [0.2, 0.25) is 0 Å². The molecule has 0 N–H and O–H groups in total. The van der Waals surface area contributed by atoms with Gasteiger partial charge in [-0.05, 0) is 20.8 Å². The molecule has 0 bridgehead atoms. The summed E-state index contributed by atoms with van der Waals surface area (Å²) in [7, 11) is 0. The van der Waals surface area contributed by atoms with Crippen molar-refractivity contribution in [3.05, 3.63) is 11.9 Å². The maximum Gasteiger partial charge on any atom is 0.108 e. The summed E-state index contributed by atoms with van der Waals surface area (Å²) in [6, 6.07) is 0. The fourth-order valence-electron chi connectivity index (χ4n) is 1.15. The van der Waals surface area contributed by atoms with Gasteiger partial charge in [0.05, 0.1) is 31.6 Å². The Morgan fingerprint density at radius 2 is 2.33 bits per heavy atom. The minimum absolute atomic E-state index is 0.0230. The number of nitrogens with zero attached hydrogens (tertiary/aromatic N) is 3. The van der Waals surface area contributed by atoms with Crippen LogP contribution in [0.15, 0.2) is 6.20 Å². The van der Waals surface area contributed by atoms with Gasteiger partial charge in [0, 0.05) is 0 Å². The second-order valence-corrected chi connectivity index (χ2v) is 4.80. The molecule has 0 aromatic carbocycles. The molecule has 1 aliphatic rings. The average Bonchev–Trinajstić information content (AvgIpc) is 2.80. The molecule has 84 valence electrons. The van der Waals surface area contributed by atoms with Gasteiger partial charge >= 0.3 is 0 Å². The topological polar surface area (TPSA) is 52.5 Å². The number of epoxide rings is 1. The van der Waals surface area contributed by atoms with Crippen molar-refractivity contribution in [1.29, 1.82) is 0 Å². The highest BCUT2D eigenvalue weighted by atomic mass is 16.6. The van der Waals surface area contributed by atoms with E-state index in [-0.39, 0.29) is 5.54 Å². The van der Waals surface area contributed by atoms with E-state index in [2.05, 4.69) is 31.1 Å². The van der Waals surface area contributed by atoms with Crippen molar-refractivity contribution >= 4 is 0 Å². The Labute approximate surface area is 89.4 Å². The van der Waals surface area contributed by atoms with Crippen molar-refractivity contribution in [3.63, 3.8) is 0 Å². The van der Waals surface area contributed by atoms with E-state index in [1.54, 1.807) is 0 Å². The van der Waals surface area contributed by atoms with Gasteiger partial charge in [-0.2, -0.15) is 0 Å². The Morgan fingerprint density at radius 3 is 2.87 bits per heavy atom. The van der Waals surface area contributed by atoms with Crippen LogP contribution >= 0.6 is 0 Å². The van der Waals surface area contributed by atoms with Crippen LogP contribution in [0.5, 0.6) is 0 Å². The Balaban J connectivity index is 1.83. The molecule has 5 nitrogen and oxygen atoms in total. The quantitative estimate of drug-likeness (QED) is 0.696. The average molecular weight is 211 g/mol. The summed E-state index contributed by atoms with van der Waals surface area (Å²) in [5.41, 5.74) is 0.843. The molecule has 0 unspecified atom stereocenters. The third-order valence-corrected chi connectivity index (χ3v) is 2.18. The smallest absolute Gasteiger partial charge is 0.108 e. The van der Waals surface area contributed by atoms with E-state index in [9.17, 15) is 0 Å². The van der Waals surface area contributed by atoms with E-state index in [0.717, 1.165) is 12.3 Å². The molecule has 2 heterocycles. The van der Waals surface area contributed by atoms with Crippen LogP contribution in [0.25, 0.3) is 0 Å². The molecule has 15 heavy (non-hydrogen) atoms. The van der Waals surface area contributed by atoms with Gasteiger partial charge in [0.2, 0.25) is 0 Å². The molecule has 1 saturated heterocycles. The van der Waals surface area contributed by atoms with Crippen molar-refractivity contribution in [1.82, 2.24) is 15.0 Å². The Kier molecular flexibility index (Phi) is 2.75. The molecule has 5 heteroatoms. The molecule has 0 amide bonds. The molecule has 1 aromatic heterocycles. The van der Waals surface area contributed by atoms with Gasteiger partial charge in [0.25, 0.3) is 0 Å². The molecular formula is C10H17N3O2. The van der Waals surface area contributed by atoms with E-state index in [0.29, 0.717) is 19.3 Å². The van der Waals surface area contributed by atoms with Crippen LogP contribution in [0.3, 0.4) is 0 Å². The van der Waals surface area contributed by atoms with Crippen LogP contribution in [0.4, 0.5) is 0 Å². The van der Waals surface area contributed by atoms with Gasteiger partial charge in [0.15, 0.2) is 0 Å². The van der Waals surface area contributed by atoms with Gasteiger partial charge in [-0.25, -0.2) is 4.68 Å². The highest BCUT2D eigenvalue weighted by molar-refractivity contribution is 4.92. The zero-order valence-corrected chi connectivity index (χ0v) is 9.43. The lowest BCUT2D eigenvalue weighted by atomic mass is 10.1. The molecule has 0 radical (unpaired) electrons. The van der Waals surface area contributed by atoms with E-state index >= 15 is 0 Å². The molecule has 1 atom stereocenters. The summed E-state index contributed by atoms with van der Waals surface area (Å²) < 4.78 is 12.3. The number of hydrogen-bond acceptors (Lipinski definition) is 4. The Bertz CT molecular complexity index is 326. The fraction of sp³-hybridized carbons (Fsp3) is 0.800. The number of ether oxygens (including phenoxy) is 2. The second-order valence-electron chi connectivity index (χ2n) is 4.80. The van der Waals surface area contributed by atoms with Crippen LogP contribution in [0, 0.1) is 0 Å². The van der Waals surface area contributed by atoms with Crippen molar-refractivity contribution in [3.8, 4) is 0 Å². The second kappa shape index (κ2) is 3.90. The number of hydrogen-bond donors (Lipinski definition) is 0. The van der Waals surface area contributed by atoms with Crippen LogP contribution < -0.4 is 0 Å². The minimum atomic E-state index is -0.0230. The monoisotopic (exact) mass is 211 g/mol. The minimum Gasteiger partial charge on any atom is -0.372 e. The Morgan fingerprint density at radius 1 is 1.60 bits per heavy atom. The largest absolute Gasteiger partial charge is 0.372 e. The Hall–Kier alpha value is -0.940. The van der Waals surface area contributed by atoms with Gasteiger partial charge in [0.1, 0.15) is 11.8 Å². The van der Waals surface area contributed by atoms with Crippen molar-refractivity contribution in [2.24, 2.45) is 0 Å². The number of aromatic nitrogens is 3. The first-order chi connectivity index (χ1) is 7.05. The molecular weight excluding hydrogens is 194 g/mol. The van der Waals surface area contributed by atoms with Crippen LogP contribution in [-0.4, -0.2) is 34.3 Å². The first-order valence-electron chi connectivity index (χ1n) is 5.17. The fourth-order valence-corrected chi connectivity index (χ4v) is 1.15. The zero-order valence-electron chi connectivity index (χ0n) is 9.43. The lowest BCUT2D eigenvalue weighted by Gasteiger charge is -2.17. The predicted octanol–water partition coefficient (Wildman–Crippen LogP) is 0.948. The molecule has 1 aromatic rings. The number of rotatable bonds is 4. The van der Waals surface area contributed by atoms with E-state index in [4.69, 9.17) is 9.47 Å². The van der Waals surface area contributed by atoms with Crippen molar-refractivity contribution in [2.45, 2.75) is 39.0 Å². The maximum absolute atomic E-state index is 5.43. The van der Waals surface area contributed by atoms with Crippen LogP contribution in [0.1, 0.15) is 26.5 Å². The van der Waals surface area contributed by atoms with Crippen LogP contribution in [-0.2, 0) is 21.6 Å². The summed E-state index contributed by atoms with van der Waals surface area (Å²) in [6.07, 6.45) is 2.23. The third-order valence-electron chi connectivity index (χ3n) is 2.18. The maximum atomic E-state index is 5.43. The SMILES string of the molecule is CC(C)(C)n1cc(COC[C@H]2CO2)nn1. The first kappa shape index (κ1) is 10.6. The molecule has 1 fully saturated rings. The summed E-state index contributed by atoms with van der Waals surface area (Å²) in [5, 5.41) is 8.10. The first-order valence-corrected chi connectivity index (χ1v) is 5.17. The summed E-state index contributed by atoms with van der Waals surface area (Å²) in [5.74, 6) is 0. The van der Waals surface area contributed by atoms with Crippen molar-refractivity contribution < 1.29 is 9.47 Å². The predicted molar refractivity (Wildman–Crippen MR) is 54.4 cm³/mol. The lowest BCUT2D eigenvalue weighted by Crippen LogP contribution is -2.22. The summed E-state index contributed by atoms with van der Waals surface area (Å²) in [6.45, 7) is 8.26. The summed E-state index contributed by atoms with van der Waals surface area (Å²) in [4.78, 5) is 0. The van der Waals surface area contributed by atoms with Gasteiger partial charge in [-0.3, -0.25) is 0 Å². The van der Waals surface area contributed by atoms with Gasteiger partial charge < -0.3 is 9.47 Å². The van der Waals surface area contributed by atoms with E-state index in [1.807, 2.05) is 10.9 Å². The zero-order chi connectivity index (χ0) is 10.9. The van der Waals surface area contributed by atoms with Crippen molar-refractivity contribution in [2.75, 3.05) is 13.2 Å². The molecule has 2 rings (SSSR count). The lowest BCUT2D eigenvalue weighted by molar-refractivity contribution is 0.102. The van der Waals surface area contributed by atoms with Gasteiger partial charge in [-0.1, -0.05) is 5.21 Å². The van der Waals surface area contributed by atoms with Gasteiger partial charge in [-0.15, -0.1) is 5.10 Å². The molecule has 1 aliphatic heterocycles.